The lowest BCUT2D eigenvalue weighted by Crippen LogP contribution is -2.47. The van der Waals surface area contributed by atoms with Crippen LogP contribution < -0.4 is 5.32 Å². The van der Waals surface area contributed by atoms with Crippen molar-refractivity contribution in [3.8, 4) is 11.1 Å². The lowest BCUT2D eigenvalue weighted by atomic mass is 9.93. The number of anilines is 1. The zero-order valence-corrected chi connectivity index (χ0v) is 23.7. The molecule has 0 aliphatic carbocycles. The number of H-pyrrole nitrogens is 1. The summed E-state index contributed by atoms with van der Waals surface area (Å²) in [6, 6.07) is 11.7. The van der Waals surface area contributed by atoms with E-state index in [9.17, 15) is 22.4 Å². The van der Waals surface area contributed by atoms with Crippen LogP contribution in [0, 0.1) is 12.7 Å². The van der Waals surface area contributed by atoms with Gasteiger partial charge < -0.3 is 20.1 Å². The smallest absolute Gasteiger partial charge is 0.256 e. The zero-order valence-electron chi connectivity index (χ0n) is 22.9. The molecule has 0 atom stereocenters. The van der Waals surface area contributed by atoms with Gasteiger partial charge in [-0.3, -0.25) is 9.59 Å². The van der Waals surface area contributed by atoms with Crippen LogP contribution in [-0.2, 0) is 21.1 Å². The topological polar surface area (TPSA) is 103 Å². The van der Waals surface area contributed by atoms with Crippen LogP contribution in [-0.4, -0.2) is 80.3 Å². The molecule has 5 rings (SSSR count). The van der Waals surface area contributed by atoms with Gasteiger partial charge in [0.25, 0.3) is 11.8 Å². The molecule has 1 aromatic heterocycles. The van der Waals surface area contributed by atoms with Crippen molar-refractivity contribution in [2.24, 2.45) is 0 Å². The number of benzene rings is 2. The van der Waals surface area contributed by atoms with Crippen LogP contribution in [0.15, 0.2) is 42.5 Å². The van der Waals surface area contributed by atoms with Crippen molar-refractivity contribution in [1.29, 1.82) is 0 Å². The Hall–Kier alpha value is -3.76. The van der Waals surface area contributed by atoms with Crippen LogP contribution in [0.3, 0.4) is 0 Å². The van der Waals surface area contributed by atoms with Gasteiger partial charge in [-0.2, -0.15) is 0 Å². The number of carbonyl (C=O) groups is 2. The Bertz CT molecular complexity index is 1620. The van der Waals surface area contributed by atoms with E-state index in [1.54, 1.807) is 24.3 Å². The minimum Gasteiger partial charge on any atom is -0.358 e. The number of nitrogens with one attached hydrogen (secondary N) is 2. The maximum atomic E-state index is 14.1. The first-order valence-electron chi connectivity index (χ1n) is 13.3. The number of halogens is 1. The molecule has 2 aliphatic rings. The van der Waals surface area contributed by atoms with Gasteiger partial charge in [-0.15, -0.1) is 0 Å². The summed E-state index contributed by atoms with van der Waals surface area (Å²) in [4.78, 5) is 34.3. The highest BCUT2D eigenvalue weighted by molar-refractivity contribution is 7.90. The number of aryl methyl sites for hydroxylation is 1. The fourth-order valence-electron chi connectivity index (χ4n) is 5.48. The quantitative estimate of drug-likeness (QED) is 0.423. The largest absolute Gasteiger partial charge is 0.358 e. The number of amides is 2. The van der Waals surface area contributed by atoms with Crippen LogP contribution >= 0.6 is 0 Å². The van der Waals surface area contributed by atoms with Crippen LogP contribution in [0.1, 0.15) is 39.3 Å². The SMILES string of the molecule is Cc1[nH]c(C=C2C(=O)Nc3cccc(-c4cccc(F)c4)c32)c(CCCS(C)(=O)=O)c1C(=O)N1CCN(C)CC1. The normalized spacial score (nSPS) is 16.9. The summed E-state index contributed by atoms with van der Waals surface area (Å²) >= 11 is 0. The van der Waals surface area contributed by atoms with E-state index in [1.165, 1.54) is 18.4 Å². The Morgan fingerprint density at radius 1 is 1.10 bits per heavy atom. The van der Waals surface area contributed by atoms with Crippen molar-refractivity contribution in [1.82, 2.24) is 14.8 Å². The van der Waals surface area contributed by atoms with E-state index in [2.05, 4.69) is 15.2 Å². The van der Waals surface area contributed by atoms with Gasteiger partial charge in [0.05, 0.1) is 16.9 Å². The van der Waals surface area contributed by atoms with E-state index in [4.69, 9.17) is 0 Å². The maximum absolute atomic E-state index is 14.1. The van der Waals surface area contributed by atoms with Gasteiger partial charge >= 0.3 is 0 Å². The Kier molecular flexibility index (Phi) is 7.65. The minimum atomic E-state index is -3.19. The molecule has 1 saturated heterocycles. The summed E-state index contributed by atoms with van der Waals surface area (Å²) in [6.45, 7) is 4.58. The first kappa shape index (κ1) is 27.8. The first-order chi connectivity index (χ1) is 19.0. The van der Waals surface area contributed by atoms with Crippen molar-refractivity contribution in [3.63, 3.8) is 0 Å². The second kappa shape index (κ2) is 11.0. The number of sulfone groups is 1. The molecular formula is C30H33FN4O4S. The molecule has 1 fully saturated rings. The summed E-state index contributed by atoms with van der Waals surface area (Å²) < 4.78 is 37.9. The van der Waals surface area contributed by atoms with Gasteiger partial charge in [-0.05, 0) is 67.8 Å². The Labute approximate surface area is 233 Å². The van der Waals surface area contributed by atoms with Gasteiger partial charge in [0.15, 0.2) is 0 Å². The number of likely N-dealkylation sites (N-methyl/N-ethyl adjacent to an activating group) is 1. The predicted molar refractivity (Wildman–Crippen MR) is 155 cm³/mol. The van der Waals surface area contributed by atoms with Gasteiger partial charge in [0, 0.05) is 55.1 Å². The molecule has 40 heavy (non-hydrogen) atoms. The molecule has 3 heterocycles. The van der Waals surface area contributed by atoms with Crippen molar-refractivity contribution in [3.05, 3.63) is 76.4 Å². The number of aromatic amines is 1. The highest BCUT2D eigenvalue weighted by Gasteiger charge is 2.30. The summed E-state index contributed by atoms with van der Waals surface area (Å²) in [7, 11) is -1.17. The Morgan fingerprint density at radius 3 is 2.52 bits per heavy atom. The Balaban J connectivity index is 1.60. The van der Waals surface area contributed by atoms with E-state index in [0.717, 1.165) is 13.1 Å². The molecule has 2 amide bonds. The van der Waals surface area contributed by atoms with Crippen LogP contribution in [0.25, 0.3) is 22.8 Å². The molecule has 210 valence electrons. The zero-order chi connectivity index (χ0) is 28.6. The number of piperazine rings is 1. The molecule has 0 unspecified atom stereocenters. The molecule has 10 heteroatoms. The number of rotatable bonds is 7. The fourth-order valence-corrected chi connectivity index (χ4v) is 6.15. The molecule has 0 spiro atoms. The standard InChI is InChI=1S/C30H33FN4O4S/c1-19-27(30(37)35-14-12-34(2)13-15-35)23(10-6-16-40(3,38)39)26(32-19)18-24-28-22(20-7-4-8-21(31)17-20)9-5-11-25(28)33-29(24)36/h4-5,7-9,11,17-18,32H,6,10,12-16H2,1-3H3,(H,33,36). The average Bonchev–Trinajstić information content (AvgIpc) is 3.38. The average molecular weight is 565 g/mol. The lowest BCUT2D eigenvalue weighted by molar-refractivity contribution is -0.110. The number of hydrogen-bond donors (Lipinski definition) is 2. The van der Waals surface area contributed by atoms with Gasteiger partial charge in [-0.1, -0.05) is 24.3 Å². The number of aromatic nitrogens is 1. The van der Waals surface area contributed by atoms with E-state index in [0.29, 0.717) is 76.4 Å². The molecule has 0 radical (unpaired) electrons. The summed E-state index contributed by atoms with van der Waals surface area (Å²) in [5, 5.41) is 2.90. The van der Waals surface area contributed by atoms with E-state index in [-0.39, 0.29) is 23.4 Å². The van der Waals surface area contributed by atoms with Crippen LogP contribution in [0.4, 0.5) is 10.1 Å². The molecule has 0 bridgehead atoms. The van der Waals surface area contributed by atoms with E-state index >= 15 is 0 Å². The molecule has 0 saturated carbocycles. The molecular weight excluding hydrogens is 531 g/mol. The number of carbonyl (C=O) groups excluding carboxylic acids is 2. The van der Waals surface area contributed by atoms with Gasteiger partial charge in [0.1, 0.15) is 15.7 Å². The second-order valence-electron chi connectivity index (χ2n) is 10.6. The third-order valence-electron chi connectivity index (χ3n) is 7.52. The maximum Gasteiger partial charge on any atom is 0.256 e. The van der Waals surface area contributed by atoms with Gasteiger partial charge in [-0.25, -0.2) is 12.8 Å². The highest BCUT2D eigenvalue weighted by atomic mass is 32.2. The van der Waals surface area contributed by atoms with Crippen molar-refractivity contribution in [2.75, 3.05) is 50.6 Å². The second-order valence-corrected chi connectivity index (χ2v) is 12.9. The highest BCUT2D eigenvalue weighted by Crippen LogP contribution is 2.41. The number of hydrogen-bond acceptors (Lipinski definition) is 5. The summed E-state index contributed by atoms with van der Waals surface area (Å²) in [5.41, 5.74) is 5.49. The first-order valence-corrected chi connectivity index (χ1v) is 15.4. The van der Waals surface area contributed by atoms with E-state index in [1.807, 2.05) is 31.0 Å². The lowest BCUT2D eigenvalue weighted by Gasteiger charge is -2.32. The van der Waals surface area contributed by atoms with Gasteiger partial charge in [0.2, 0.25) is 0 Å². The monoisotopic (exact) mass is 564 g/mol. The number of fused-ring (bicyclic) bond motifs is 1. The molecule has 2 aliphatic heterocycles. The minimum absolute atomic E-state index is 0.0115. The fraction of sp³-hybridized carbons (Fsp3) is 0.333. The third-order valence-corrected chi connectivity index (χ3v) is 8.55. The van der Waals surface area contributed by atoms with Crippen molar-refractivity contribution < 1.29 is 22.4 Å². The van der Waals surface area contributed by atoms with Crippen molar-refractivity contribution in [2.45, 2.75) is 19.8 Å². The van der Waals surface area contributed by atoms with Crippen molar-refractivity contribution >= 4 is 39.0 Å². The predicted octanol–water partition coefficient (Wildman–Crippen LogP) is 3.99. The number of nitrogens with zero attached hydrogens (tertiary/aromatic N) is 2. The van der Waals surface area contributed by atoms with E-state index < -0.39 is 9.84 Å². The van der Waals surface area contributed by atoms with Crippen LogP contribution in [0.5, 0.6) is 0 Å². The third kappa shape index (κ3) is 5.73. The Morgan fingerprint density at radius 2 is 1.82 bits per heavy atom. The summed E-state index contributed by atoms with van der Waals surface area (Å²) in [5.74, 6) is -0.793. The van der Waals surface area contributed by atoms with Crippen LogP contribution in [0.2, 0.25) is 0 Å². The molecule has 3 aromatic rings. The molecule has 8 nitrogen and oxygen atoms in total. The molecule has 2 N–H and O–H groups in total. The molecule has 2 aromatic carbocycles. The summed E-state index contributed by atoms with van der Waals surface area (Å²) in [6.07, 6.45) is 3.62.